The van der Waals surface area contributed by atoms with Gasteiger partial charge >= 0.3 is 5.97 Å². The van der Waals surface area contributed by atoms with E-state index < -0.39 is 32.6 Å². The first-order chi connectivity index (χ1) is 12.1. The molecule has 1 heterocycles. The molecule has 2 N–H and O–H groups in total. The summed E-state index contributed by atoms with van der Waals surface area (Å²) >= 11 is 0. The number of carboxylic acids is 1. The lowest BCUT2D eigenvalue weighted by molar-refractivity contribution is -0.384. The maximum Gasteiger partial charge on any atom is 0.326 e. The zero-order valence-corrected chi connectivity index (χ0v) is 15.2. The summed E-state index contributed by atoms with van der Waals surface area (Å²) in [6, 6.07) is 2.37. The van der Waals surface area contributed by atoms with E-state index in [0.29, 0.717) is 0 Å². The molecule has 1 atom stereocenters. The second-order valence-corrected chi connectivity index (χ2v) is 8.09. The van der Waals surface area contributed by atoms with E-state index in [0.717, 1.165) is 6.07 Å². The topological polar surface area (TPSA) is 139 Å². The molecule has 1 fully saturated rings. The number of benzene rings is 1. The first-order valence-electron chi connectivity index (χ1n) is 8.00. The van der Waals surface area contributed by atoms with Gasteiger partial charge in [0.05, 0.1) is 23.0 Å². The SMILES string of the molecule is CC(C)[C@@H](Nc1ccc(S(=O)(=O)N2CCOCC2)cc1[N+](=O)[O-])C(=O)O. The molecule has 0 radical (unpaired) electrons. The predicted octanol–water partition coefficient (Wildman–Crippen LogP) is 1.14. The number of hydrogen-bond acceptors (Lipinski definition) is 7. The third kappa shape index (κ3) is 4.29. The highest BCUT2D eigenvalue weighted by atomic mass is 32.2. The van der Waals surface area contributed by atoms with E-state index in [-0.39, 0.29) is 42.8 Å². The average Bonchev–Trinajstić information content (AvgIpc) is 2.59. The number of nitrogens with zero attached hydrogens (tertiary/aromatic N) is 2. The minimum absolute atomic E-state index is 0.0444. The molecular weight excluding hydrogens is 366 g/mol. The van der Waals surface area contributed by atoms with Gasteiger partial charge in [0.15, 0.2) is 0 Å². The van der Waals surface area contributed by atoms with Gasteiger partial charge in [0, 0.05) is 19.2 Å². The highest BCUT2D eigenvalue weighted by Gasteiger charge is 2.30. The number of anilines is 1. The number of carboxylic acid groups (broad SMARTS) is 1. The summed E-state index contributed by atoms with van der Waals surface area (Å²) in [5, 5.41) is 23.2. The lowest BCUT2D eigenvalue weighted by Crippen LogP contribution is -2.40. The van der Waals surface area contributed by atoms with Crippen molar-refractivity contribution in [2.45, 2.75) is 24.8 Å². The quantitative estimate of drug-likeness (QED) is 0.524. The minimum atomic E-state index is -3.89. The molecule has 144 valence electrons. The zero-order valence-electron chi connectivity index (χ0n) is 14.4. The van der Waals surface area contributed by atoms with Crippen LogP contribution in [-0.4, -0.2) is 61.1 Å². The normalized spacial score (nSPS) is 17.0. The van der Waals surface area contributed by atoms with Crippen LogP contribution >= 0.6 is 0 Å². The number of sulfonamides is 1. The number of nitro groups is 1. The maximum absolute atomic E-state index is 12.6. The smallest absolute Gasteiger partial charge is 0.326 e. The zero-order chi connectivity index (χ0) is 19.5. The molecule has 1 aromatic carbocycles. The Bertz CT molecular complexity index is 788. The first-order valence-corrected chi connectivity index (χ1v) is 9.44. The molecule has 26 heavy (non-hydrogen) atoms. The summed E-state index contributed by atoms with van der Waals surface area (Å²) in [5.41, 5.74) is -0.539. The van der Waals surface area contributed by atoms with Gasteiger partial charge in [0.1, 0.15) is 11.7 Å². The molecule has 10 nitrogen and oxygen atoms in total. The van der Waals surface area contributed by atoms with Crippen molar-refractivity contribution < 1.29 is 28.0 Å². The molecule has 0 saturated carbocycles. The first kappa shape index (κ1) is 20.1. The Hall–Kier alpha value is -2.24. The summed E-state index contributed by atoms with van der Waals surface area (Å²) < 4.78 is 31.6. The van der Waals surface area contributed by atoms with E-state index in [1.54, 1.807) is 13.8 Å². The summed E-state index contributed by atoms with van der Waals surface area (Å²) in [7, 11) is -3.89. The molecule has 1 aromatic rings. The highest BCUT2D eigenvalue weighted by Crippen LogP contribution is 2.30. The number of hydrogen-bond donors (Lipinski definition) is 2. The molecule has 0 aliphatic carbocycles. The molecule has 1 saturated heterocycles. The molecular formula is C15H21N3O7S. The largest absolute Gasteiger partial charge is 0.480 e. The van der Waals surface area contributed by atoms with Crippen LogP contribution in [0.25, 0.3) is 0 Å². The van der Waals surface area contributed by atoms with Gasteiger partial charge in [0.2, 0.25) is 10.0 Å². The number of aliphatic carboxylic acids is 1. The van der Waals surface area contributed by atoms with Gasteiger partial charge in [0.25, 0.3) is 5.69 Å². The van der Waals surface area contributed by atoms with Crippen molar-refractivity contribution in [2.24, 2.45) is 5.92 Å². The fourth-order valence-corrected chi connectivity index (χ4v) is 3.99. The number of morpholine rings is 1. The predicted molar refractivity (Wildman–Crippen MR) is 92.6 cm³/mol. The Balaban J connectivity index is 2.39. The van der Waals surface area contributed by atoms with E-state index in [4.69, 9.17) is 4.74 Å². The lowest BCUT2D eigenvalue weighted by atomic mass is 10.0. The van der Waals surface area contributed by atoms with E-state index in [1.807, 2.05) is 0 Å². The van der Waals surface area contributed by atoms with E-state index >= 15 is 0 Å². The van der Waals surface area contributed by atoms with E-state index in [2.05, 4.69) is 5.32 Å². The van der Waals surface area contributed by atoms with Crippen molar-refractivity contribution in [3.05, 3.63) is 28.3 Å². The third-order valence-corrected chi connectivity index (χ3v) is 5.91. The number of nitrogens with one attached hydrogen (secondary N) is 1. The van der Waals surface area contributed by atoms with E-state index in [9.17, 15) is 28.4 Å². The lowest BCUT2D eigenvalue weighted by Gasteiger charge is -2.26. The van der Waals surface area contributed by atoms with Crippen LogP contribution in [0.3, 0.4) is 0 Å². The second kappa shape index (κ2) is 7.98. The molecule has 11 heteroatoms. The second-order valence-electron chi connectivity index (χ2n) is 6.16. The number of carbonyl (C=O) groups is 1. The van der Waals surface area contributed by atoms with Crippen LogP contribution in [0.1, 0.15) is 13.8 Å². The van der Waals surface area contributed by atoms with Crippen molar-refractivity contribution in [3.8, 4) is 0 Å². The summed E-state index contributed by atoms with van der Waals surface area (Å²) in [5.74, 6) is -1.48. The minimum Gasteiger partial charge on any atom is -0.480 e. The highest BCUT2D eigenvalue weighted by molar-refractivity contribution is 7.89. The fourth-order valence-electron chi connectivity index (χ4n) is 2.56. The Kier molecular flexibility index (Phi) is 6.16. The maximum atomic E-state index is 12.6. The van der Waals surface area contributed by atoms with Crippen molar-refractivity contribution >= 4 is 27.4 Å². The Morgan fingerprint density at radius 2 is 1.96 bits per heavy atom. The summed E-state index contributed by atoms with van der Waals surface area (Å²) in [6.07, 6.45) is 0. The van der Waals surface area contributed by atoms with Crippen LogP contribution in [0.2, 0.25) is 0 Å². The van der Waals surface area contributed by atoms with Gasteiger partial charge in [-0.15, -0.1) is 0 Å². The van der Waals surface area contributed by atoms with Gasteiger partial charge in [-0.05, 0) is 18.1 Å². The van der Waals surface area contributed by atoms with E-state index in [1.165, 1.54) is 16.4 Å². The molecule has 2 rings (SSSR count). The van der Waals surface area contributed by atoms with Crippen LogP contribution in [0.5, 0.6) is 0 Å². The van der Waals surface area contributed by atoms with Crippen molar-refractivity contribution in [1.82, 2.24) is 4.31 Å². The van der Waals surface area contributed by atoms with Crippen LogP contribution in [-0.2, 0) is 19.6 Å². The van der Waals surface area contributed by atoms with Crippen LogP contribution in [0.4, 0.5) is 11.4 Å². The molecule has 0 spiro atoms. The van der Waals surface area contributed by atoms with Crippen molar-refractivity contribution in [2.75, 3.05) is 31.6 Å². The van der Waals surface area contributed by atoms with Crippen LogP contribution in [0.15, 0.2) is 23.1 Å². The number of ether oxygens (including phenoxy) is 1. The molecule has 0 bridgehead atoms. The molecule has 0 amide bonds. The number of nitro benzene ring substituents is 1. The van der Waals surface area contributed by atoms with Crippen LogP contribution in [0, 0.1) is 16.0 Å². The standard InChI is InChI=1S/C15H21N3O7S/c1-10(2)14(15(19)20)16-12-4-3-11(9-13(12)18(21)22)26(23,24)17-5-7-25-8-6-17/h3-4,9-10,14,16H,5-8H2,1-2H3,(H,19,20)/t14-/m1/s1. The Morgan fingerprint density at radius 3 is 2.46 bits per heavy atom. The number of rotatable bonds is 7. The van der Waals surface area contributed by atoms with Gasteiger partial charge in [-0.3, -0.25) is 10.1 Å². The van der Waals surface area contributed by atoms with Crippen molar-refractivity contribution in [3.63, 3.8) is 0 Å². The summed E-state index contributed by atoms with van der Waals surface area (Å²) in [4.78, 5) is 21.7. The van der Waals surface area contributed by atoms with Crippen molar-refractivity contribution in [1.29, 1.82) is 0 Å². The monoisotopic (exact) mass is 387 g/mol. The fraction of sp³-hybridized carbons (Fsp3) is 0.533. The average molecular weight is 387 g/mol. The van der Waals surface area contributed by atoms with Crippen LogP contribution < -0.4 is 5.32 Å². The third-order valence-electron chi connectivity index (χ3n) is 4.02. The molecule has 0 aromatic heterocycles. The van der Waals surface area contributed by atoms with Gasteiger partial charge < -0.3 is 15.2 Å². The van der Waals surface area contributed by atoms with Gasteiger partial charge in [-0.25, -0.2) is 13.2 Å². The summed E-state index contributed by atoms with van der Waals surface area (Å²) in [6.45, 7) is 4.18. The van der Waals surface area contributed by atoms with Gasteiger partial charge in [-0.2, -0.15) is 4.31 Å². The molecule has 1 aliphatic rings. The molecule has 1 aliphatic heterocycles. The van der Waals surface area contributed by atoms with Gasteiger partial charge in [-0.1, -0.05) is 13.8 Å². The molecule has 0 unspecified atom stereocenters. The Morgan fingerprint density at radius 1 is 1.35 bits per heavy atom. The Labute approximate surface area is 151 Å².